The van der Waals surface area contributed by atoms with E-state index in [0.29, 0.717) is 6.61 Å². The number of aliphatic hydroxyl groups is 4. The van der Waals surface area contributed by atoms with Crippen LogP contribution in [0.25, 0.3) is 0 Å². The molecule has 0 bridgehead atoms. The maximum absolute atomic E-state index is 9.51. The van der Waals surface area contributed by atoms with E-state index >= 15 is 0 Å². The van der Waals surface area contributed by atoms with Gasteiger partial charge in [0, 0.05) is 6.61 Å². The molecular weight excluding hydrogens is 192 g/mol. The minimum Gasteiger partial charge on any atom is -0.394 e. The van der Waals surface area contributed by atoms with E-state index in [1.165, 1.54) is 0 Å². The van der Waals surface area contributed by atoms with Crippen LogP contribution in [-0.2, 0) is 9.47 Å². The molecule has 1 aliphatic heterocycles. The van der Waals surface area contributed by atoms with Crippen molar-refractivity contribution in [2.45, 2.75) is 37.6 Å². The van der Waals surface area contributed by atoms with Crippen molar-refractivity contribution in [1.29, 1.82) is 0 Å². The third-order valence-corrected chi connectivity index (χ3v) is 2.20. The highest BCUT2D eigenvalue weighted by atomic mass is 16.7. The van der Waals surface area contributed by atoms with E-state index in [1.54, 1.807) is 6.92 Å². The summed E-state index contributed by atoms with van der Waals surface area (Å²) >= 11 is 0. The molecule has 0 aliphatic carbocycles. The Morgan fingerprint density at radius 3 is 2.36 bits per heavy atom. The van der Waals surface area contributed by atoms with E-state index in [-0.39, 0.29) is 0 Å². The largest absolute Gasteiger partial charge is 0.394 e. The molecule has 6 heteroatoms. The van der Waals surface area contributed by atoms with E-state index in [2.05, 4.69) is 0 Å². The van der Waals surface area contributed by atoms with Crippen LogP contribution in [0.1, 0.15) is 6.92 Å². The normalized spacial score (nSPS) is 43.9. The SMILES string of the molecule is CCOC1[C@H](O)OC(CO)[C@H](O)[C@@H]1O. The van der Waals surface area contributed by atoms with Crippen LogP contribution in [0.5, 0.6) is 0 Å². The second-order valence-electron chi connectivity index (χ2n) is 3.15. The van der Waals surface area contributed by atoms with Crippen LogP contribution in [0.3, 0.4) is 0 Å². The summed E-state index contributed by atoms with van der Waals surface area (Å²) < 4.78 is 9.86. The Morgan fingerprint density at radius 1 is 1.21 bits per heavy atom. The average molecular weight is 208 g/mol. The van der Waals surface area contributed by atoms with Gasteiger partial charge in [-0.3, -0.25) is 0 Å². The molecule has 0 aromatic rings. The first-order valence-electron chi connectivity index (χ1n) is 4.54. The standard InChI is InChI=1S/C8H16O6/c1-2-13-7-6(11)5(10)4(3-9)14-8(7)12/h4-12H,2-3H2,1H3/t4?,5-,6-,7?,8+/m0/s1. The third kappa shape index (κ3) is 2.22. The van der Waals surface area contributed by atoms with Crippen molar-refractivity contribution < 1.29 is 29.9 Å². The van der Waals surface area contributed by atoms with E-state index in [0.717, 1.165) is 0 Å². The molecule has 1 heterocycles. The summed E-state index contributed by atoms with van der Waals surface area (Å²) in [5.74, 6) is 0. The lowest BCUT2D eigenvalue weighted by Gasteiger charge is -2.39. The minimum atomic E-state index is -1.33. The lowest BCUT2D eigenvalue weighted by Crippen LogP contribution is -2.59. The van der Waals surface area contributed by atoms with Gasteiger partial charge in [-0.15, -0.1) is 0 Å². The number of hydrogen-bond donors (Lipinski definition) is 4. The Hall–Kier alpha value is -0.240. The summed E-state index contributed by atoms with van der Waals surface area (Å²) in [7, 11) is 0. The molecule has 6 nitrogen and oxygen atoms in total. The fraction of sp³-hybridized carbons (Fsp3) is 1.00. The molecule has 0 spiro atoms. The first kappa shape index (κ1) is 11.8. The van der Waals surface area contributed by atoms with Crippen molar-refractivity contribution in [3.05, 3.63) is 0 Å². The molecule has 14 heavy (non-hydrogen) atoms. The van der Waals surface area contributed by atoms with E-state index in [9.17, 15) is 15.3 Å². The zero-order chi connectivity index (χ0) is 10.7. The van der Waals surface area contributed by atoms with Crippen LogP contribution in [0.2, 0.25) is 0 Å². The van der Waals surface area contributed by atoms with Gasteiger partial charge in [0.15, 0.2) is 6.29 Å². The first-order chi connectivity index (χ1) is 6.61. The number of ether oxygens (including phenoxy) is 2. The second-order valence-corrected chi connectivity index (χ2v) is 3.15. The predicted octanol–water partition coefficient (Wildman–Crippen LogP) is -2.18. The van der Waals surface area contributed by atoms with Crippen molar-refractivity contribution in [1.82, 2.24) is 0 Å². The summed E-state index contributed by atoms with van der Waals surface area (Å²) in [5.41, 5.74) is 0. The van der Waals surface area contributed by atoms with Crippen molar-refractivity contribution >= 4 is 0 Å². The van der Waals surface area contributed by atoms with Crippen LogP contribution in [0.4, 0.5) is 0 Å². The van der Waals surface area contributed by atoms with Crippen LogP contribution in [-0.4, -0.2) is 64.3 Å². The van der Waals surface area contributed by atoms with Gasteiger partial charge in [-0.25, -0.2) is 0 Å². The lowest BCUT2D eigenvalue weighted by atomic mass is 9.99. The Kier molecular flexibility index (Phi) is 4.24. The summed E-state index contributed by atoms with van der Waals surface area (Å²) in [6.07, 6.45) is -5.78. The zero-order valence-corrected chi connectivity index (χ0v) is 7.91. The fourth-order valence-electron chi connectivity index (χ4n) is 1.44. The van der Waals surface area contributed by atoms with Gasteiger partial charge < -0.3 is 29.9 Å². The Balaban J connectivity index is 2.63. The van der Waals surface area contributed by atoms with Gasteiger partial charge in [0.2, 0.25) is 0 Å². The molecule has 1 fully saturated rings. The monoisotopic (exact) mass is 208 g/mol. The lowest BCUT2D eigenvalue weighted by molar-refractivity contribution is -0.295. The molecule has 1 rings (SSSR count). The van der Waals surface area contributed by atoms with Gasteiger partial charge in [-0.05, 0) is 6.92 Å². The smallest absolute Gasteiger partial charge is 0.184 e. The maximum atomic E-state index is 9.51. The van der Waals surface area contributed by atoms with Crippen LogP contribution in [0.15, 0.2) is 0 Å². The quantitative estimate of drug-likeness (QED) is 0.421. The molecule has 0 aromatic carbocycles. The van der Waals surface area contributed by atoms with Crippen molar-refractivity contribution in [2.75, 3.05) is 13.2 Å². The zero-order valence-electron chi connectivity index (χ0n) is 7.91. The third-order valence-electron chi connectivity index (χ3n) is 2.20. The van der Waals surface area contributed by atoms with Crippen molar-refractivity contribution in [3.63, 3.8) is 0 Å². The Labute approximate surface area is 81.7 Å². The molecular formula is C8H16O6. The number of rotatable bonds is 3. The summed E-state index contributed by atoms with van der Waals surface area (Å²) in [6, 6.07) is 0. The van der Waals surface area contributed by atoms with Crippen molar-refractivity contribution in [2.24, 2.45) is 0 Å². The minimum absolute atomic E-state index is 0.290. The van der Waals surface area contributed by atoms with Gasteiger partial charge in [-0.2, -0.15) is 0 Å². The van der Waals surface area contributed by atoms with Crippen LogP contribution in [0, 0.1) is 0 Å². The summed E-state index contributed by atoms with van der Waals surface area (Å²) in [6.45, 7) is 1.52. The molecule has 1 saturated heterocycles. The Bertz CT molecular complexity index is 175. The summed E-state index contributed by atoms with van der Waals surface area (Å²) in [5, 5.41) is 37.1. The van der Waals surface area contributed by atoms with Gasteiger partial charge in [-0.1, -0.05) is 0 Å². The molecule has 0 radical (unpaired) electrons. The van der Waals surface area contributed by atoms with Crippen molar-refractivity contribution in [3.8, 4) is 0 Å². The maximum Gasteiger partial charge on any atom is 0.184 e. The molecule has 0 amide bonds. The molecule has 2 unspecified atom stereocenters. The van der Waals surface area contributed by atoms with Crippen LogP contribution >= 0.6 is 0 Å². The summed E-state index contributed by atoms with van der Waals surface area (Å²) in [4.78, 5) is 0. The number of hydrogen-bond acceptors (Lipinski definition) is 6. The molecule has 0 saturated carbocycles. The topological polar surface area (TPSA) is 99.4 Å². The second kappa shape index (κ2) is 5.01. The highest BCUT2D eigenvalue weighted by Gasteiger charge is 2.43. The van der Waals surface area contributed by atoms with Gasteiger partial charge in [0.05, 0.1) is 6.61 Å². The highest BCUT2D eigenvalue weighted by molar-refractivity contribution is 4.89. The highest BCUT2D eigenvalue weighted by Crippen LogP contribution is 2.21. The van der Waals surface area contributed by atoms with E-state index < -0.39 is 37.3 Å². The average Bonchev–Trinajstić information content (AvgIpc) is 2.18. The van der Waals surface area contributed by atoms with Gasteiger partial charge >= 0.3 is 0 Å². The van der Waals surface area contributed by atoms with E-state index in [4.69, 9.17) is 14.6 Å². The fourth-order valence-corrected chi connectivity index (χ4v) is 1.44. The Morgan fingerprint density at radius 2 is 1.86 bits per heavy atom. The first-order valence-corrected chi connectivity index (χ1v) is 4.54. The molecule has 1 aliphatic rings. The number of aliphatic hydroxyl groups excluding tert-OH is 4. The van der Waals surface area contributed by atoms with E-state index in [1.807, 2.05) is 0 Å². The van der Waals surface area contributed by atoms with Gasteiger partial charge in [0.25, 0.3) is 0 Å². The molecule has 4 N–H and O–H groups in total. The van der Waals surface area contributed by atoms with Crippen LogP contribution < -0.4 is 0 Å². The molecule has 84 valence electrons. The molecule has 5 atom stereocenters. The van der Waals surface area contributed by atoms with Gasteiger partial charge in [0.1, 0.15) is 24.4 Å². The predicted molar refractivity (Wildman–Crippen MR) is 45.4 cm³/mol. The molecule has 0 aromatic heterocycles.